The van der Waals surface area contributed by atoms with Gasteiger partial charge in [0.1, 0.15) is 0 Å². The molecule has 0 unspecified atom stereocenters. The van der Waals surface area contributed by atoms with E-state index < -0.39 is 0 Å². The number of carbonyl (C=O) groups excluding carboxylic acids is 2. The van der Waals surface area contributed by atoms with Crippen LogP contribution >= 0.6 is 0 Å². The van der Waals surface area contributed by atoms with Crippen molar-refractivity contribution in [2.24, 2.45) is 0 Å². The van der Waals surface area contributed by atoms with E-state index in [0.717, 1.165) is 31.2 Å². The summed E-state index contributed by atoms with van der Waals surface area (Å²) in [5.74, 6) is -0.522. The number of hydrogen-bond acceptors (Lipinski definition) is 5. The fourth-order valence-corrected chi connectivity index (χ4v) is 2.12. The van der Waals surface area contributed by atoms with Gasteiger partial charge in [-0.15, -0.1) is 0 Å². The van der Waals surface area contributed by atoms with Crippen LogP contribution in [0.2, 0.25) is 0 Å². The minimum absolute atomic E-state index is 0.174. The van der Waals surface area contributed by atoms with Crippen molar-refractivity contribution in [3.8, 4) is 0 Å². The lowest BCUT2D eigenvalue weighted by molar-refractivity contribution is -0.143. The van der Waals surface area contributed by atoms with Crippen molar-refractivity contribution in [1.82, 2.24) is 0 Å². The third-order valence-electron chi connectivity index (χ3n) is 3.46. The summed E-state index contributed by atoms with van der Waals surface area (Å²) in [6.45, 7) is 5.92. The first kappa shape index (κ1) is 19.7. The first-order valence-electron chi connectivity index (χ1n) is 8.31. The first-order chi connectivity index (χ1) is 11.5. The Morgan fingerprint density at radius 1 is 1.08 bits per heavy atom. The summed E-state index contributed by atoms with van der Waals surface area (Å²) in [6, 6.07) is 7.56. The Morgan fingerprint density at radius 3 is 2.54 bits per heavy atom. The molecule has 24 heavy (non-hydrogen) atoms. The molecule has 2 N–H and O–H groups in total. The van der Waals surface area contributed by atoms with Crippen molar-refractivity contribution in [3.05, 3.63) is 42.0 Å². The molecule has 5 nitrogen and oxygen atoms in total. The summed E-state index contributed by atoms with van der Waals surface area (Å²) in [5, 5.41) is 0. The Balaban J connectivity index is 1.98. The van der Waals surface area contributed by atoms with Gasteiger partial charge in [-0.05, 0) is 37.5 Å². The fraction of sp³-hybridized carbons (Fsp3) is 0.474. The average molecular weight is 333 g/mol. The molecule has 0 amide bonds. The van der Waals surface area contributed by atoms with Crippen LogP contribution in [0.5, 0.6) is 0 Å². The van der Waals surface area contributed by atoms with Gasteiger partial charge in [0.25, 0.3) is 0 Å². The largest absolute Gasteiger partial charge is 0.465 e. The van der Waals surface area contributed by atoms with Gasteiger partial charge in [-0.2, -0.15) is 0 Å². The van der Waals surface area contributed by atoms with Crippen molar-refractivity contribution < 1.29 is 19.1 Å². The molecule has 0 aliphatic carbocycles. The van der Waals surface area contributed by atoms with Crippen molar-refractivity contribution >= 4 is 17.6 Å². The van der Waals surface area contributed by atoms with E-state index in [1.165, 1.54) is 0 Å². The van der Waals surface area contributed by atoms with Crippen LogP contribution in [0.4, 0.5) is 5.69 Å². The maximum absolute atomic E-state index is 11.6. The van der Waals surface area contributed by atoms with Crippen LogP contribution in [0.1, 0.15) is 44.6 Å². The topological polar surface area (TPSA) is 78.6 Å². The third-order valence-corrected chi connectivity index (χ3v) is 3.46. The Kier molecular flexibility index (Phi) is 9.27. The minimum Gasteiger partial charge on any atom is -0.465 e. The van der Waals surface area contributed by atoms with Gasteiger partial charge < -0.3 is 15.2 Å². The molecule has 0 aromatic heterocycles. The summed E-state index contributed by atoms with van der Waals surface area (Å²) in [6.07, 6.45) is 4.50. The van der Waals surface area contributed by atoms with E-state index in [-0.39, 0.29) is 11.9 Å². The minimum atomic E-state index is -0.348. The second-order valence-electron chi connectivity index (χ2n) is 5.80. The molecule has 0 atom stereocenters. The van der Waals surface area contributed by atoms with E-state index >= 15 is 0 Å². The van der Waals surface area contributed by atoms with Crippen molar-refractivity contribution in [3.63, 3.8) is 0 Å². The smallest absolute Gasteiger partial charge is 0.333 e. The molecular weight excluding hydrogens is 306 g/mol. The van der Waals surface area contributed by atoms with E-state index in [4.69, 9.17) is 15.2 Å². The van der Waals surface area contributed by atoms with Crippen molar-refractivity contribution in [2.75, 3.05) is 18.9 Å². The van der Waals surface area contributed by atoms with Crippen LogP contribution in [0.25, 0.3) is 0 Å². The van der Waals surface area contributed by atoms with E-state index in [1.807, 2.05) is 24.3 Å². The first-order valence-corrected chi connectivity index (χ1v) is 8.31. The second-order valence-corrected chi connectivity index (χ2v) is 5.80. The van der Waals surface area contributed by atoms with Gasteiger partial charge in [-0.1, -0.05) is 31.6 Å². The highest BCUT2D eigenvalue weighted by atomic mass is 16.5. The highest BCUT2D eigenvalue weighted by molar-refractivity contribution is 5.86. The number of nitrogen functional groups attached to an aromatic ring is 1. The van der Waals surface area contributed by atoms with Gasteiger partial charge in [0, 0.05) is 24.1 Å². The number of hydrogen-bond donors (Lipinski definition) is 1. The summed E-state index contributed by atoms with van der Waals surface area (Å²) in [7, 11) is 0. The normalized spacial score (nSPS) is 10.2. The summed E-state index contributed by atoms with van der Waals surface area (Å²) >= 11 is 0. The van der Waals surface area contributed by atoms with Crippen LogP contribution in [0.3, 0.4) is 0 Å². The third kappa shape index (κ3) is 8.98. The van der Waals surface area contributed by atoms with Gasteiger partial charge >= 0.3 is 11.9 Å². The van der Waals surface area contributed by atoms with Crippen LogP contribution in [0, 0.1) is 0 Å². The Labute approximate surface area is 143 Å². The number of anilines is 1. The van der Waals surface area contributed by atoms with Gasteiger partial charge in [0.2, 0.25) is 0 Å². The van der Waals surface area contributed by atoms with Gasteiger partial charge in [0.05, 0.1) is 13.2 Å². The molecule has 0 aliphatic rings. The molecule has 5 heteroatoms. The second kappa shape index (κ2) is 11.3. The maximum Gasteiger partial charge on any atom is 0.333 e. The predicted octanol–water partition coefficient (Wildman–Crippen LogP) is 3.42. The number of carbonyl (C=O) groups is 2. The summed E-state index contributed by atoms with van der Waals surface area (Å²) < 4.78 is 10.2. The highest BCUT2D eigenvalue weighted by Gasteiger charge is 2.04. The Hall–Kier alpha value is -2.30. The molecule has 0 aliphatic heterocycles. The summed E-state index contributed by atoms with van der Waals surface area (Å²) in [5.41, 5.74) is 7.89. The number of unbranched alkanes of at least 4 members (excludes halogenated alkanes) is 3. The molecule has 1 rings (SSSR count). The van der Waals surface area contributed by atoms with Crippen LogP contribution in [-0.4, -0.2) is 25.2 Å². The Morgan fingerprint density at radius 2 is 1.83 bits per heavy atom. The molecule has 0 saturated heterocycles. The monoisotopic (exact) mass is 333 g/mol. The lowest BCUT2D eigenvalue weighted by Crippen LogP contribution is -2.08. The van der Waals surface area contributed by atoms with Crippen LogP contribution in [-0.2, 0) is 25.5 Å². The molecule has 1 aromatic carbocycles. The molecular formula is C19H27NO4. The van der Waals surface area contributed by atoms with E-state index in [0.29, 0.717) is 37.3 Å². The number of nitrogens with two attached hydrogens (primary N) is 1. The SMILES string of the molecule is C=C(C)C(=O)OCCCCCCC(=O)OCCc1cccc(N)c1. The number of rotatable bonds is 11. The predicted molar refractivity (Wildman–Crippen MR) is 94.4 cm³/mol. The van der Waals surface area contributed by atoms with Crippen LogP contribution < -0.4 is 5.73 Å². The molecule has 132 valence electrons. The molecule has 0 saturated carbocycles. The average Bonchev–Trinajstić information content (AvgIpc) is 2.53. The summed E-state index contributed by atoms with van der Waals surface area (Å²) in [4.78, 5) is 22.8. The zero-order valence-electron chi connectivity index (χ0n) is 14.4. The maximum atomic E-state index is 11.6. The van der Waals surface area contributed by atoms with Gasteiger partial charge in [-0.25, -0.2) is 4.79 Å². The molecule has 1 aromatic rings. The molecule has 0 spiro atoms. The lowest BCUT2D eigenvalue weighted by Gasteiger charge is -2.06. The van der Waals surface area contributed by atoms with Gasteiger partial charge in [-0.3, -0.25) is 4.79 Å². The number of benzene rings is 1. The number of ether oxygens (including phenoxy) is 2. The zero-order chi connectivity index (χ0) is 17.8. The quantitative estimate of drug-likeness (QED) is 0.290. The lowest BCUT2D eigenvalue weighted by atomic mass is 10.1. The molecule has 0 radical (unpaired) electrons. The Bertz CT molecular complexity index is 554. The molecule has 0 bridgehead atoms. The fourth-order valence-electron chi connectivity index (χ4n) is 2.12. The van der Waals surface area contributed by atoms with Gasteiger partial charge in [0.15, 0.2) is 0 Å². The highest BCUT2D eigenvalue weighted by Crippen LogP contribution is 2.08. The standard InChI is InChI=1S/C19H27NO4/c1-15(2)19(22)24-12-6-4-3-5-10-18(21)23-13-11-16-8-7-9-17(20)14-16/h7-9,14H,1,3-6,10-13,20H2,2H3. The number of esters is 2. The van der Waals surface area contributed by atoms with E-state index in [1.54, 1.807) is 6.92 Å². The van der Waals surface area contributed by atoms with E-state index in [9.17, 15) is 9.59 Å². The van der Waals surface area contributed by atoms with E-state index in [2.05, 4.69) is 6.58 Å². The molecule has 0 heterocycles. The van der Waals surface area contributed by atoms with Crippen molar-refractivity contribution in [2.45, 2.75) is 45.4 Å². The van der Waals surface area contributed by atoms with Crippen molar-refractivity contribution in [1.29, 1.82) is 0 Å². The zero-order valence-corrected chi connectivity index (χ0v) is 14.4. The van der Waals surface area contributed by atoms with Crippen LogP contribution in [0.15, 0.2) is 36.4 Å². The molecule has 0 fully saturated rings.